The smallest absolute Gasteiger partial charge is 0.0962 e. The normalized spacial score (nSPS) is 12.0. The van der Waals surface area contributed by atoms with Gasteiger partial charge in [-0.05, 0) is 36.2 Å². The summed E-state index contributed by atoms with van der Waals surface area (Å²) in [7, 11) is 4.01. The molecule has 0 saturated carbocycles. The first kappa shape index (κ1) is 14.4. The summed E-state index contributed by atoms with van der Waals surface area (Å²) in [6, 6.07) is 16.1. The van der Waals surface area contributed by atoms with E-state index in [1.165, 1.54) is 5.56 Å². The number of nitrogens with zero attached hydrogens (tertiary/aromatic N) is 1. The number of aliphatic hydroxyl groups is 1. The molecule has 2 aromatic carbocycles. The van der Waals surface area contributed by atoms with Gasteiger partial charge in [0.25, 0.3) is 0 Å². The number of aryl methyl sites for hydroxylation is 1. The minimum atomic E-state index is -0.509. The van der Waals surface area contributed by atoms with E-state index in [4.69, 9.17) is 0 Å². The van der Waals surface area contributed by atoms with Crippen molar-refractivity contribution >= 4 is 11.4 Å². The molecule has 0 fully saturated rings. The summed E-state index contributed by atoms with van der Waals surface area (Å²) in [6.07, 6.45) is -0.509. The first-order chi connectivity index (χ1) is 9.58. The van der Waals surface area contributed by atoms with Gasteiger partial charge in [0.15, 0.2) is 0 Å². The Labute approximate surface area is 120 Å². The van der Waals surface area contributed by atoms with Crippen LogP contribution in [0.3, 0.4) is 0 Å². The maximum Gasteiger partial charge on any atom is 0.0962 e. The number of hydrogen-bond donors (Lipinski definition) is 2. The van der Waals surface area contributed by atoms with Gasteiger partial charge in [-0.3, -0.25) is 0 Å². The van der Waals surface area contributed by atoms with Crippen LogP contribution in [0.5, 0.6) is 0 Å². The van der Waals surface area contributed by atoms with Crippen molar-refractivity contribution in [3.63, 3.8) is 0 Å². The third kappa shape index (κ3) is 3.52. The van der Waals surface area contributed by atoms with Gasteiger partial charge in [-0.1, -0.05) is 30.3 Å². The monoisotopic (exact) mass is 270 g/mol. The molecule has 2 aromatic rings. The Morgan fingerprint density at radius 1 is 1.05 bits per heavy atom. The van der Waals surface area contributed by atoms with Crippen LogP contribution in [0, 0.1) is 6.92 Å². The van der Waals surface area contributed by atoms with Gasteiger partial charge in [-0.2, -0.15) is 0 Å². The molecule has 0 saturated heterocycles. The first-order valence-electron chi connectivity index (χ1n) is 6.83. The lowest BCUT2D eigenvalue weighted by Crippen LogP contribution is -2.13. The van der Waals surface area contributed by atoms with Gasteiger partial charge in [0, 0.05) is 32.0 Å². The average Bonchev–Trinajstić information content (AvgIpc) is 2.46. The Morgan fingerprint density at radius 2 is 1.70 bits per heavy atom. The van der Waals surface area contributed by atoms with E-state index in [1.54, 1.807) is 0 Å². The van der Waals surface area contributed by atoms with E-state index in [9.17, 15) is 5.11 Å². The largest absolute Gasteiger partial charge is 0.387 e. The van der Waals surface area contributed by atoms with Crippen molar-refractivity contribution in [2.24, 2.45) is 0 Å². The van der Waals surface area contributed by atoms with Gasteiger partial charge in [0.1, 0.15) is 0 Å². The highest BCUT2D eigenvalue weighted by Gasteiger charge is 2.08. The fourth-order valence-electron chi connectivity index (χ4n) is 2.09. The van der Waals surface area contributed by atoms with Gasteiger partial charge in [0.05, 0.1) is 6.10 Å². The molecule has 0 heterocycles. The van der Waals surface area contributed by atoms with E-state index >= 15 is 0 Å². The summed E-state index contributed by atoms with van der Waals surface area (Å²) < 4.78 is 0. The highest BCUT2D eigenvalue weighted by molar-refractivity contribution is 5.51. The van der Waals surface area contributed by atoms with Crippen molar-refractivity contribution in [1.29, 1.82) is 0 Å². The highest BCUT2D eigenvalue weighted by Crippen LogP contribution is 2.19. The summed E-state index contributed by atoms with van der Waals surface area (Å²) in [5.74, 6) is 0. The number of nitrogens with one attached hydrogen (secondary N) is 1. The van der Waals surface area contributed by atoms with Gasteiger partial charge in [-0.25, -0.2) is 0 Å². The zero-order chi connectivity index (χ0) is 14.5. The summed E-state index contributed by atoms with van der Waals surface area (Å²) in [6.45, 7) is 2.56. The zero-order valence-corrected chi connectivity index (χ0v) is 12.3. The van der Waals surface area contributed by atoms with E-state index in [-0.39, 0.29) is 0 Å². The Hall–Kier alpha value is -2.00. The molecule has 0 aromatic heterocycles. The molecule has 0 aliphatic heterocycles. The van der Waals surface area contributed by atoms with Crippen LogP contribution in [0.4, 0.5) is 11.4 Å². The van der Waals surface area contributed by atoms with Crippen LogP contribution in [0.25, 0.3) is 0 Å². The van der Waals surface area contributed by atoms with Crippen LogP contribution in [0.1, 0.15) is 17.2 Å². The fourth-order valence-corrected chi connectivity index (χ4v) is 2.09. The van der Waals surface area contributed by atoms with Crippen LogP contribution in [0.2, 0.25) is 0 Å². The third-order valence-electron chi connectivity index (χ3n) is 3.43. The first-order valence-corrected chi connectivity index (χ1v) is 6.83. The molecule has 106 valence electrons. The number of benzene rings is 2. The lowest BCUT2D eigenvalue weighted by molar-refractivity contribution is 0.191. The van der Waals surface area contributed by atoms with Gasteiger partial charge < -0.3 is 15.3 Å². The molecule has 1 unspecified atom stereocenters. The second-order valence-corrected chi connectivity index (χ2v) is 5.20. The molecule has 2 N–H and O–H groups in total. The topological polar surface area (TPSA) is 35.5 Å². The summed E-state index contributed by atoms with van der Waals surface area (Å²) in [5.41, 5.74) is 4.31. The lowest BCUT2D eigenvalue weighted by atomic mass is 10.1. The predicted octanol–water partition coefficient (Wildman–Crippen LogP) is 3.21. The van der Waals surface area contributed by atoms with Gasteiger partial charge in [-0.15, -0.1) is 0 Å². The van der Waals surface area contributed by atoms with Crippen molar-refractivity contribution in [3.05, 3.63) is 59.7 Å². The Kier molecular flexibility index (Phi) is 4.64. The number of para-hydroxylation sites is 1. The van der Waals surface area contributed by atoms with E-state index in [0.717, 1.165) is 16.9 Å². The molecule has 3 heteroatoms. The standard InChI is InChI=1S/C17H22N2O/c1-13-6-4-5-7-16(13)18-12-17(20)14-8-10-15(11-9-14)19(2)3/h4-11,17-18,20H,12H2,1-3H3. The van der Waals surface area contributed by atoms with E-state index in [0.29, 0.717) is 6.54 Å². The molecule has 0 bridgehead atoms. The van der Waals surface area contributed by atoms with Crippen LogP contribution < -0.4 is 10.2 Å². The highest BCUT2D eigenvalue weighted by atomic mass is 16.3. The van der Waals surface area contributed by atoms with Gasteiger partial charge in [0.2, 0.25) is 0 Å². The molecular formula is C17H22N2O. The van der Waals surface area contributed by atoms with Gasteiger partial charge >= 0.3 is 0 Å². The van der Waals surface area contributed by atoms with Crippen LogP contribution in [-0.2, 0) is 0 Å². The van der Waals surface area contributed by atoms with Crippen molar-refractivity contribution in [1.82, 2.24) is 0 Å². The van der Waals surface area contributed by atoms with Crippen LogP contribution >= 0.6 is 0 Å². The van der Waals surface area contributed by atoms with Crippen LogP contribution in [0.15, 0.2) is 48.5 Å². The minimum absolute atomic E-state index is 0.506. The van der Waals surface area contributed by atoms with E-state index in [1.807, 2.05) is 61.5 Å². The zero-order valence-electron chi connectivity index (χ0n) is 12.3. The Bertz CT molecular complexity index is 549. The third-order valence-corrected chi connectivity index (χ3v) is 3.43. The maximum absolute atomic E-state index is 10.2. The number of aliphatic hydroxyl groups excluding tert-OH is 1. The minimum Gasteiger partial charge on any atom is -0.387 e. The second-order valence-electron chi connectivity index (χ2n) is 5.20. The van der Waals surface area contributed by atoms with Crippen molar-refractivity contribution in [2.45, 2.75) is 13.0 Å². The molecule has 2 rings (SSSR count). The molecule has 0 aliphatic carbocycles. The van der Waals surface area contributed by atoms with Crippen molar-refractivity contribution in [3.8, 4) is 0 Å². The van der Waals surface area contributed by atoms with E-state index in [2.05, 4.69) is 18.3 Å². The molecule has 0 radical (unpaired) electrons. The predicted molar refractivity (Wildman–Crippen MR) is 85.4 cm³/mol. The molecule has 20 heavy (non-hydrogen) atoms. The molecule has 0 amide bonds. The summed E-state index contributed by atoms with van der Waals surface area (Å²) in [4.78, 5) is 2.04. The van der Waals surface area contributed by atoms with Crippen molar-refractivity contribution < 1.29 is 5.11 Å². The molecule has 0 aliphatic rings. The Morgan fingerprint density at radius 3 is 2.30 bits per heavy atom. The molecule has 0 spiro atoms. The second kappa shape index (κ2) is 6.44. The fraction of sp³-hybridized carbons (Fsp3) is 0.294. The Balaban J connectivity index is 1.98. The maximum atomic E-state index is 10.2. The van der Waals surface area contributed by atoms with Crippen molar-refractivity contribution in [2.75, 3.05) is 30.9 Å². The quantitative estimate of drug-likeness (QED) is 0.875. The number of rotatable bonds is 5. The lowest BCUT2D eigenvalue weighted by Gasteiger charge is -2.17. The molecule has 3 nitrogen and oxygen atoms in total. The SMILES string of the molecule is Cc1ccccc1NCC(O)c1ccc(N(C)C)cc1. The molecular weight excluding hydrogens is 248 g/mol. The summed E-state index contributed by atoms with van der Waals surface area (Å²) in [5, 5.41) is 13.5. The van der Waals surface area contributed by atoms with Crippen LogP contribution in [-0.4, -0.2) is 25.7 Å². The van der Waals surface area contributed by atoms with E-state index < -0.39 is 6.10 Å². The number of anilines is 2. The molecule has 1 atom stereocenters. The summed E-state index contributed by atoms with van der Waals surface area (Å²) >= 11 is 0. The number of hydrogen-bond acceptors (Lipinski definition) is 3. The average molecular weight is 270 g/mol.